The van der Waals surface area contributed by atoms with Crippen LogP contribution in [0.4, 0.5) is 0 Å². The Bertz CT molecular complexity index is 232. The van der Waals surface area contributed by atoms with Crippen molar-refractivity contribution in [2.24, 2.45) is 11.8 Å². The van der Waals surface area contributed by atoms with E-state index in [1.165, 1.54) is 25.7 Å². The lowest BCUT2D eigenvalue weighted by Gasteiger charge is -2.30. The van der Waals surface area contributed by atoms with Gasteiger partial charge in [-0.2, -0.15) is 0 Å². The zero-order valence-electron chi connectivity index (χ0n) is 8.14. The first-order valence-corrected chi connectivity index (χ1v) is 5.19. The molecule has 0 radical (unpaired) electrons. The van der Waals surface area contributed by atoms with Crippen LogP contribution >= 0.6 is 0 Å². The van der Waals surface area contributed by atoms with Crippen LogP contribution < -0.4 is 0 Å². The predicted molar refractivity (Wildman–Crippen MR) is 53.0 cm³/mol. The van der Waals surface area contributed by atoms with E-state index in [4.69, 9.17) is 0 Å². The second kappa shape index (κ2) is 3.08. The molecule has 0 aromatic rings. The number of hydrogen-bond acceptors (Lipinski definition) is 0. The van der Waals surface area contributed by atoms with Crippen LogP contribution in [-0.2, 0) is 0 Å². The van der Waals surface area contributed by atoms with Crippen molar-refractivity contribution in [2.75, 3.05) is 0 Å². The van der Waals surface area contributed by atoms with Gasteiger partial charge in [-0.05, 0) is 43.1 Å². The Labute approximate surface area is 75.4 Å². The van der Waals surface area contributed by atoms with E-state index in [1.807, 2.05) is 0 Å². The Morgan fingerprint density at radius 3 is 2.75 bits per heavy atom. The fourth-order valence-electron chi connectivity index (χ4n) is 2.41. The minimum absolute atomic E-state index is 0.766. The molecule has 0 aromatic heterocycles. The molecule has 0 N–H and O–H groups in total. The van der Waals surface area contributed by atoms with Crippen molar-refractivity contribution < 1.29 is 0 Å². The summed E-state index contributed by atoms with van der Waals surface area (Å²) in [5.41, 5.74) is 3.42. The molecular formula is C12H18. The van der Waals surface area contributed by atoms with Gasteiger partial charge in [0.2, 0.25) is 0 Å². The Hall–Kier alpha value is -0.520. The number of hydrogen-bond donors (Lipinski definition) is 0. The molecule has 12 heavy (non-hydrogen) atoms. The molecular weight excluding hydrogens is 144 g/mol. The first kappa shape index (κ1) is 8.10. The summed E-state index contributed by atoms with van der Waals surface area (Å²) in [6, 6.07) is 0. The highest BCUT2D eigenvalue weighted by molar-refractivity contribution is 5.33. The normalized spacial score (nSPS) is 35.2. The van der Waals surface area contributed by atoms with E-state index in [1.54, 1.807) is 11.1 Å². The standard InChI is InChI=1S/C12H18/c1-9-7-8-11-5-3-4-6-12(11)10(9)2/h7-10H,3-6H2,1-2H3. The molecule has 0 nitrogen and oxygen atoms in total. The van der Waals surface area contributed by atoms with Gasteiger partial charge in [-0.25, -0.2) is 0 Å². The van der Waals surface area contributed by atoms with Crippen LogP contribution in [0.1, 0.15) is 39.5 Å². The van der Waals surface area contributed by atoms with Gasteiger partial charge in [-0.15, -0.1) is 0 Å². The Morgan fingerprint density at radius 1 is 1.17 bits per heavy atom. The molecule has 0 heteroatoms. The van der Waals surface area contributed by atoms with Crippen molar-refractivity contribution in [3.63, 3.8) is 0 Å². The van der Waals surface area contributed by atoms with Crippen LogP contribution in [0.5, 0.6) is 0 Å². The topological polar surface area (TPSA) is 0 Å². The van der Waals surface area contributed by atoms with Crippen LogP contribution in [0, 0.1) is 11.8 Å². The summed E-state index contributed by atoms with van der Waals surface area (Å²) in [5, 5.41) is 0. The third kappa shape index (κ3) is 1.24. The molecule has 0 aliphatic heterocycles. The van der Waals surface area contributed by atoms with E-state index in [9.17, 15) is 0 Å². The van der Waals surface area contributed by atoms with Gasteiger partial charge in [-0.3, -0.25) is 0 Å². The summed E-state index contributed by atoms with van der Waals surface area (Å²) in [4.78, 5) is 0. The maximum Gasteiger partial charge on any atom is -0.0165 e. The lowest BCUT2D eigenvalue weighted by molar-refractivity contribution is 0.474. The highest BCUT2D eigenvalue weighted by Gasteiger charge is 2.22. The summed E-state index contributed by atoms with van der Waals surface area (Å²) in [5.74, 6) is 1.58. The van der Waals surface area contributed by atoms with Crippen LogP contribution in [0.15, 0.2) is 23.3 Å². The quantitative estimate of drug-likeness (QED) is 0.509. The smallest absolute Gasteiger partial charge is 0.0165 e. The van der Waals surface area contributed by atoms with Gasteiger partial charge in [0.25, 0.3) is 0 Å². The maximum atomic E-state index is 2.38. The molecule has 2 aliphatic rings. The van der Waals surface area contributed by atoms with E-state index in [0.29, 0.717) is 0 Å². The summed E-state index contributed by atoms with van der Waals surface area (Å²) >= 11 is 0. The molecule has 0 spiro atoms. The van der Waals surface area contributed by atoms with E-state index in [-0.39, 0.29) is 0 Å². The Balaban J connectivity index is 2.28. The molecule has 2 atom stereocenters. The van der Waals surface area contributed by atoms with Gasteiger partial charge in [0.05, 0.1) is 0 Å². The predicted octanol–water partition coefficient (Wildman–Crippen LogP) is 3.70. The number of allylic oxidation sites excluding steroid dienone is 4. The molecule has 66 valence electrons. The van der Waals surface area contributed by atoms with Gasteiger partial charge in [-0.1, -0.05) is 31.6 Å². The van der Waals surface area contributed by atoms with Gasteiger partial charge < -0.3 is 0 Å². The van der Waals surface area contributed by atoms with Gasteiger partial charge >= 0.3 is 0 Å². The second-order valence-corrected chi connectivity index (χ2v) is 4.26. The molecule has 2 rings (SSSR count). The van der Waals surface area contributed by atoms with Gasteiger partial charge in [0.15, 0.2) is 0 Å². The van der Waals surface area contributed by atoms with E-state index >= 15 is 0 Å². The summed E-state index contributed by atoms with van der Waals surface area (Å²) in [6.07, 6.45) is 10.3. The summed E-state index contributed by atoms with van der Waals surface area (Å²) < 4.78 is 0. The SMILES string of the molecule is CC1C=CC2=C(CCCC2)C1C. The molecule has 2 unspecified atom stereocenters. The summed E-state index contributed by atoms with van der Waals surface area (Å²) in [7, 11) is 0. The van der Waals surface area contributed by atoms with E-state index in [0.717, 1.165) is 11.8 Å². The number of rotatable bonds is 0. The zero-order valence-corrected chi connectivity index (χ0v) is 8.14. The molecule has 2 aliphatic carbocycles. The van der Waals surface area contributed by atoms with Crippen LogP contribution in [0.25, 0.3) is 0 Å². The first-order valence-electron chi connectivity index (χ1n) is 5.19. The van der Waals surface area contributed by atoms with Crippen molar-refractivity contribution in [2.45, 2.75) is 39.5 Å². The molecule has 0 heterocycles. The fourth-order valence-corrected chi connectivity index (χ4v) is 2.41. The van der Waals surface area contributed by atoms with Crippen molar-refractivity contribution >= 4 is 0 Å². The Kier molecular flexibility index (Phi) is 2.08. The summed E-state index contributed by atoms with van der Waals surface area (Å²) in [6.45, 7) is 4.72. The fraction of sp³-hybridized carbons (Fsp3) is 0.667. The Morgan fingerprint density at radius 2 is 1.92 bits per heavy atom. The van der Waals surface area contributed by atoms with Crippen LogP contribution in [0.2, 0.25) is 0 Å². The van der Waals surface area contributed by atoms with Crippen LogP contribution in [-0.4, -0.2) is 0 Å². The van der Waals surface area contributed by atoms with E-state index in [2.05, 4.69) is 26.0 Å². The lowest BCUT2D eigenvalue weighted by Crippen LogP contribution is -2.16. The van der Waals surface area contributed by atoms with Gasteiger partial charge in [0.1, 0.15) is 0 Å². The van der Waals surface area contributed by atoms with E-state index < -0.39 is 0 Å². The van der Waals surface area contributed by atoms with Crippen molar-refractivity contribution in [3.8, 4) is 0 Å². The minimum atomic E-state index is 0.766. The molecule has 0 saturated carbocycles. The average Bonchev–Trinajstić information content (AvgIpc) is 2.12. The highest BCUT2D eigenvalue weighted by atomic mass is 14.3. The molecule has 0 aromatic carbocycles. The monoisotopic (exact) mass is 162 g/mol. The van der Waals surface area contributed by atoms with Crippen molar-refractivity contribution in [1.82, 2.24) is 0 Å². The zero-order chi connectivity index (χ0) is 8.55. The average molecular weight is 162 g/mol. The second-order valence-electron chi connectivity index (χ2n) is 4.26. The largest absolute Gasteiger partial charge is 0.0808 e. The molecule has 0 bridgehead atoms. The first-order chi connectivity index (χ1) is 5.79. The minimum Gasteiger partial charge on any atom is -0.0808 e. The molecule has 0 fully saturated rings. The third-order valence-corrected chi connectivity index (χ3v) is 3.49. The molecule has 0 saturated heterocycles. The van der Waals surface area contributed by atoms with Gasteiger partial charge in [0, 0.05) is 0 Å². The third-order valence-electron chi connectivity index (χ3n) is 3.49. The lowest BCUT2D eigenvalue weighted by atomic mass is 9.75. The van der Waals surface area contributed by atoms with Crippen molar-refractivity contribution in [3.05, 3.63) is 23.3 Å². The molecule has 0 amide bonds. The van der Waals surface area contributed by atoms with Crippen LogP contribution in [0.3, 0.4) is 0 Å². The van der Waals surface area contributed by atoms with Crippen molar-refractivity contribution in [1.29, 1.82) is 0 Å². The highest BCUT2D eigenvalue weighted by Crippen LogP contribution is 2.37. The maximum absolute atomic E-state index is 2.38.